The summed E-state index contributed by atoms with van der Waals surface area (Å²) < 4.78 is 6.09. The van der Waals surface area contributed by atoms with E-state index in [1.54, 1.807) is 0 Å². The van der Waals surface area contributed by atoms with Crippen LogP contribution in [0.3, 0.4) is 0 Å². The van der Waals surface area contributed by atoms with Crippen molar-refractivity contribution in [1.29, 1.82) is 0 Å². The van der Waals surface area contributed by atoms with E-state index in [0.29, 0.717) is 42.9 Å². The van der Waals surface area contributed by atoms with Gasteiger partial charge in [-0.15, -0.1) is 0 Å². The first kappa shape index (κ1) is 26.9. The molecule has 5 heteroatoms. The van der Waals surface area contributed by atoms with E-state index in [-0.39, 0.29) is 35.7 Å². The molecule has 0 aliphatic heterocycles. The van der Waals surface area contributed by atoms with Gasteiger partial charge in [-0.25, -0.2) is 0 Å². The van der Waals surface area contributed by atoms with Crippen molar-refractivity contribution in [3.8, 4) is 0 Å². The number of allylic oxidation sites excluding steroid dienone is 3. The van der Waals surface area contributed by atoms with Crippen molar-refractivity contribution >= 4 is 5.97 Å². The second-order valence-corrected chi connectivity index (χ2v) is 13.2. The number of carbonyl (C=O) groups excluding carboxylic acids is 1. The Balaban J connectivity index is 1.70. The SMILES string of the molecule is C=C(C)[C@@H](C)/C=C/C(C)[C@H]1CC[C@H]2[C@@H]3C[C@@H](O)[C@@]4(O)C[C@@H](O)CC[C@]4(C)[C@H]3[C@H](OC(C)=O)C[C@]12C. The third-order valence-corrected chi connectivity index (χ3v) is 11.3. The van der Waals surface area contributed by atoms with E-state index in [1.165, 1.54) is 6.92 Å². The number of hydrogen-bond acceptors (Lipinski definition) is 5. The van der Waals surface area contributed by atoms with Crippen molar-refractivity contribution in [3.05, 3.63) is 24.3 Å². The maximum absolute atomic E-state index is 12.3. The summed E-state index contributed by atoms with van der Waals surface area (Å²) in [7, 11) is 0. The molecule has 0 aromatic carbocycles. The van der Waals surface area contributed by atoms with E-state index in [9.17, 15) is 20.1 Å². The van der Waals surface area contributed by atoms with Gasteiger partial charge in [0.2, 0.25) is 0 Å². The van der Waals surface area contributed by atoms with Crippen LogP contribution in [-0.2, 0) is 9.53 Å². The molecule has 1 unspecified atom stereocenters. The van der Waals surface area contributed by atoms with Crippen LogP contribution in [0.5, 0.6) is 0 Å². The van der Waals surface area contributed by atoms with Crippen molar-refractivity contribution in [2.45, 2.75) is 110 Å². The first-order chi connectivity index (χ1) is 16.2. The van der Waals surface area contributed by atoms with E-state index in [2.05, 4.69) is 53.3 Å². The van der Waals surface area contributed by atoms with Gasteiger partial charge in [0.05, 0.1) is 17.8 Å². The standard InChI is InChI=1S/C30H48O5/c1-17(2)18(3)8-9-19(4)23-10-11-24-22-14-26(33)30(34)15-21(32)12-13-29(30,7)27(22)25(35-20(5)31)16-28(23,24)6/h8-9,18-19,21-27,32-34H,1,10-16H2,2-7H3/b9-8+/t18-,19?,21-,22-,23+,24-,25+,26+,27+,28+,29+,30-/m0/s1. The lowest BCUT2D eigenvalue weighted by molar-refractivity contribution is -0.284. The largest absolute Gasteiger partial charge is 0.462 e. The molecular weight excluding hydrogens is 440 g/mol. The summed E-state index contributed by atoms with van der Waals surface area (Å²) in [5.41, 5.74) is -0.799. The Hall–Kier alpha value is -1.17. The van der Waals surface area contributed by atoms with Gasteiger partial charge in [-0.2, -0.15) is 0 Å². The minimum Gasteiger partial charge on any atom is -0.462 e. The number of aliphatic hydroxyl groups is 3. The highest BCUT2D eigenvalue weighted by Crippen LogP contribution is 2.69. The summed E-state index contributed by atoms with van der Waals surface area (Å²) in [4.78, 5) is 12.3. The fourth-order valence-corrected chi connectivity index (χ4v) is 9.21. The second-order valence-electron chi connectivity index (χ2n) is 13.2. The average Bonchev–Trinajstić information content (AvgIpc) is 3.10. The van der Waals surface area contributed by atoms with E-state index < -0.39 is 23.2 Å². The summed E-state index contributed by atoms with van der Waals surface area (Å²) in [5.74, 6) is 1.53. The predicted octanol–water partition coefficient (Wildman–Crippen LogP) is 5.04. The maximum atomic E-state index is 12.3. The van der Waals surface area contributed by atoms with Crippen LogP contribution in [0.15, 0.2) is 24.3 Å². The number of ether oxygens (including phenoxy) is 1. The van der Waals surface area contributed by atoms with Gasteiger partial charge in [-0.3, -0.25) is 4.79 Å². The van der Waals surface area contributed by atoms with Crippen LogP contribution >= 0.6 is 0 Å². The Morgan fingerprint density at radius 1 is 1.09 bits per heavy atom. The van der Waals surface area contributed by atoms with Crippen LogP contribution < -0.4 is 0 Å². The molecule has 4 saturated carbocycles. The highest BCUT2D eigenvalue weighted by Gasteiger charge is 2.70. The smallest absolute Gasteiger partial charge is 0.302 e. The molecule has 4 aliphatic rings. The molecule has 4 fully saturated rings. The van der Waals surface area contributed by atoms with Gasteiger partial charge < -0.3 is 20.1 Å². The number of esters is 1. The lowest BCUT2D eigenvalue weighted by atomic mass is 9.41. The normalized spacial score (nSPS) is 49.0. The number of fused-ring (bicyclic) bond motifs is 5. The number of aliphatic hydroxyl groups excluding tert-OH is 2. The molecule has 0 spiro atoms. The molecule has 4 aliphatic carbocycles. The Kier molecular flexibility index (Phi) is 7.14. The van der Waals surface area contributed by atoms with Crippen molar-refractivity contribution in [2.24, 2.45) is 46.3 Å². The van der Waals surface area contributed by atoms with Crippen molar-refractivity contribution < 1.29 is 24.9 Å². The third-order valence-electron chi connectivity index (χ3n) is 11.3. The molecule has 35 heavy (non-hydrogen) atoms. The number of hydrogen-bond donors (Lipinski definition) is 3. The van der Waals surface area contributed by atoms with E-state index in [4.69, 9.17) is 4.74 Å². The Labute approximate surface area is 212 Å². The summed E-state index contributed by atoms with van der Waals surface area (Å²) in [5, 5.41) is 33.6. The van der Waals surface area contributed by atoms with E-state index >= 15 is 0 Å². The highest BCUT2D eigenvalue weighted by molar-refractivity contribution is 5.66. The van der Waals surface area contributed by atoms with Crippen molar-refractivity contribution in [3.63, 3.8) is 0 Å². The third kappa shape index (κ3) is 4.24. The summed E-state index contributed by atoms with van der Waals surface area (Å²) in [6, 6.07) is 0. The lowest BCUT2D eigenvalue weighted by Gasteiger charge is -2.66. The van der Waals surface area contributed by atoms with E-state index in [1.807, 2.05) is 0 Å². The molecular formula is C30H48O5. The minimum atomic E-state index is -1.36. The Bertz CT molecular complexity index is 867. The summed E-state index contributed by atoms with van der Waals surface area (Å²) in [6.45, 7) is 16.6. The monoisotopic (exact) mass is 488 g/mol. The zero-order valence-corrected chi connectivity index (χ0v) is 22.7. The van der Waals surface area contributed by atoms with Gasteiger partial charge in [-0.05, 0) is 80.5 Å². The summed E-state index contributed by atoms with van der Waals surface area (Å²) in [6.07, 6.45) is 7.81. The van der Waals surface area contributed by atoms with Crippen molar-refractivity contribution in [2.75, 3.05) is 0 Å². The van der Waals surface area contributed by atoms with Gasteiger partial charge in [0.1, 0.15) is 6.10 Å². The fourth-order valence-electron chi connectivity index (χ4n) is 9.21. The van der Waals surface area contributed by atoms with Crippen LogP contribution in [0.2, 0.25) is 0 Å². The zero-order valence-electron chi connectivity index (χ0n) is 22.7. The van der Waals surface area contributed by atoms with Gasteiger partial charge in [-0.1, -0.05) is 52.0 Å². The lowest BCUT2D eigenvalue weighted by Crippen LogP contribution is -2.71. The van der Waals surface area contributed by atoms with Crippen molar-refractivity contribution in [1.82, 2.24) is 0 Å². The highest BCUT2D eigenvalue weighted by atomic mass is 16.5. The van der Waals surface area contributed by atoms with Crippen LogP contribution in [0.4, 0.5) is 0 Å². The maximum Gasteiger partial charge on any atom is 0.302 e. The molecule has 0 aromatic rings. The molecule has 0 saturated heterocycles. The quantitative estimate of drug-likeness (QED) is 0.373. The second kappa shape index (κ2) is 9.29. The average molecular weight is 489 g/mol. The zero-order chi connectivity index (χ0) is 25.9. The summed E-state index contributed by atoms with van der Waals surface area (Å²) >= 11 is 0. The molecule has 5 nitrogen and oxygen atoms in total. The molecule has 4 rings (SSSR count). The molecule has 12 atom stereocenters. The molecule has 0 amide bonds. The molecule has 0 aromatic heterocycles. The fraction of sp³-hybridized carbons (Fsp3) is 0.833. The number of rotatable bonds is 5. The first-order valence-electron chi connectivity index (χ1n) is 13.8. The van der Waals surface area contributed by atoms with Crippen LogP contribution in [-0.4, -0.2) is 45.2 Å². The molecule has 198 valence electrons. The van der Waals surface area contributed by atoms with Crippen LogP contribution in [0, 0.1) is 46.3 Å². The van der Waals surface area contributed by atoms with Gasteiger partial charge in [0, 0.05) is 24.7 Å². The minimum absolute atomic E-state index is 0.00276. The molecule has 0 heterocycles. The van der Waals surface area contributed by atoms with E-state index in [0.717, 1.165) is 24.8 Å². The first-order valence-corrected chi connectivity index (χ1v) is 13.8. The Morgan fingerprint density at radius 3 is 2.40 bits per heavy atom. The van der Waals surface area contributed by atoms with Gasteiger partial charge >= 0.3 is 5.97 Å². The van der Waals surface area contributed by atoms with Crippen LogP contribution in [0.25, 0.3) is 0 Å². The van der Waals surface area contributed by atoms with Gasteiger partial charge in [0.15, 0.2) is 0 Å². The predicted molar refractivity (Wildman–Crippen MR) is 137 cm³/mol. The molecule has 0 radical (unpaired) electrons. The molecule has 3 N–H and O–H groups in total. The molecule has 0 bridgehead atoms. The van der Waals surface area contributed by atoms with Gasteiger partial charge in [0.25, 0.3) is 0 Å². The number of carbonyl (C=O) groups is 1. The topological polar surface area (TPSA) is 87.0 Å². The van der Waals surface area contributed by atoms with Crippen LogP contribution in [0.1, 0.15) is 86.5 Å². The Morgan fingerprint density at radius 2 is 1.77 bits per heavy atom.